The Balaban J connectivity index is 6.23. The van der Waals surface area contributed by atoms with Crippen LogP contribution in [0.4, 0.5) is 132 Å². The fourth-order valence-electron chi connectivity index (χ4n) is 2.02. The van der Waals surface area contributed by atoms with Gasteiger partial charge in [0, 0.05) is 0 Å². The zero-order chi connectivity index (χ0) is 43.7. The Kier molecular flexibility index (Phi) is 12.5. The maximum absolute atomic E-state index is 13.4. The summed E-state index contributed by atoms with van der Waals surface area (Å²) in [7, 11) is 0. The normalized spacial score (nSPS) is 16.2. The number of ether oxygens (including phenoxy) is 5. The second-order valence-electron chi connectivity index (χ2n) is 8.51. The van der Waals surface area contributed by atoms with Crippen LogP contribution in [0.25, 0.3) is 0 Å². The van der Waals surface area contributed by atoms with E-state index in [2.05, 4.69) is 0 Å². The second-order valence-corrected chi connectivity index (χ2v) is 8.51. The number of halogens is 30. The third-order valence-corrected chi connectivity index (χ3v) is 4.60. The zero-order valence-electron chi connectivity index (χ0n) is 22.2. The highest BCUT2D eigenvalue weighted by atomic mass is 19.4. The van der Waals surface area contributed by atoms with Gasteiger partial charge in [-0.15, -0.1) is 0 Å². The Hall–Kier alpha value is -3.12. The molecule has 0 rings (SSSR count). The van der Waals surface area contributed by atoms with Crippen LogP contribution in [0.1, 0.15) is 0 Å². The van der Waals surface area contributed by atoms with Gasteiger partial charge in [0.05, 0.1) is 0 Å². The molecule has 0 aromatic rings. The number of hydrogen-bond donors (Lipinski definition) is 0. The van der Waals surface area contributed by atoms with Crippen molar-refractivity contribution in [1.29, 1.82) is 0 Å². The van der Waals surface area contributed by atoms with E-state index in [9.17, 15) is 141 Å². The standard InChI is InChI=1S/C16F30O7/c17-3(18,50-13(39,40)15(43,44)52-11(35,36)7(25,26)5(21,22)9(29,30)31)1(47)49-2(48)4(19,20)51-14(41,42)16(45,46)53-12(37,38)8(27,28)6(23,24)10(32,33)34. The number of alkyl halides is 30. The average Bonchev–Trinajstić information content (AvgIpc) is 2.84. The van der Waals surface area contributed by atoms with Crippen molar-refractivity contribution in [2.24, 2.45) is 0 Å². The number of carbonyl (C=O) groups excluding carboxylic acids is 2. The number of carbonyl (C=O) groups is 2. The van der Waals surface area contributed by atoms with Crippen LogP contribution in [-0.4, -0.2) is 96.9 Å². The van der Waals surface area contributed by atoms with E-state index >= 15 is 0 Å². The molecule has 0 saturated carbocycles. The summed E-state index contributed by atoms with van der Waals surface area (Å²) in [5.74, 6) is -43.0. The molecule has 0 unspecified atom stereocenters. The molecule has 0 aliphatic rings. The van der Waals surface area contributed by atoms with E-state index in [4.69, 9.17) is 0 Å². The van der Waals surface area contributed by atoms with E-state index < -0.39 is 96.9 Å². The van der Waals surface area contributed by atoms with Crippen LogP contribution in [0.15, 0.2) is 0 Å². The Morgan fingerprint density at radius 1 is 0.264 bits per heavy atom. The van der Waals surface area contributed by atoms with Crippen molar-refractivity contribution >= 4 is 11.9 Å². The summed E-state index contributed by atoms with van der Waals surface area (Å²) >= 11 is 0. The molecule has 316 valence electrons. The van der Waals surface area contributed by atoms with Crippen molar-refractivity contribution in [3.8, 4) is 0 Å². The van der Waals surface area contributed by atoms with Crippen molar-refractivity contribution < 1.29 is 165 Å². The van der Waals surface area contributed by atoms with Gasteiger partial charge in [-0.05, 0) is 0 Å². The molecule has 0 saturated heterocycles. The number of esters is 2. The number of hydrogen-bond acceptors (Lipinski definition) is 7. The topological polar surface area (TPSA) is 80.3 Å². The monoisotopic (exact) mass is 874 g/mol. The highest BCUT2D eigenvalue weighted by Crippen LogP contribution is 2.57. The molecular formula is C16F30O7. The molecule has 0 fully saturated rings. The van der Waals surface area contributed by atoms with E-state index in [0.29, 0.717) is 0 Å². The Bertz CT molecular complexity index is 1240. The van der Waals surface area contributed by atoms with Crippen molar-refractivity contribution in [1.82, 2.24) is 0 Å². The van der Waals surface area contributed by atoms with Crippen molar-refractivity contribution in [3.63, 3.8) is 0 Å². The molecule has 0 atom stereocenters. The minimum Gasteiger partial charge on any atom is -0.380 e. The SMILES string of the molecule is O=C(OC(=O)C(F)(F)OC(F)(F)C(F)(F)OC(F)(F)C(F)(F)C(F)(F)C(F)(F)F)C(F)(F)OC(F)(F)C(F)(F)OC(F)(F)C(F)(F)C(F)(F)C(F)(F)F. The van der Waals surface area contributed by atoms with E-state index in [1.807, 2.05) is 4.74 Å². The van der Waals surface area contributed by atoms with Gasteiger partial charge in [0.2, 0.25) is 0 Å². The first kappa shape index (κ1) is 49.9. The molecule has 0 heterocycles. The summed E-state index contributed by atoms with van der Waals surface area (Å²) in [5.41, 5.74) is 0. The fraction of sp³-hybridized carbons (Fsp3) is 0.875. The highest BCUT2D eigenvalue weighted by Gasteiger charge is 2.87. The van der Waals surface area contributed by atoms with Gasteiger partial charge in [-0.2, -0.15) is 132 Å². The summed E-state index contributed by atoms with van der Waals surface area (Å²) < 4.78 is 393. The maximum atomic E-state index is 13.4. The van der Waals surface area contributed by atoms with E-state index in [1.54, 1.807) is 0 Å². The lowest BCUT2D eigenvalue weighted by Gasteiger charge is -2.36. The van der Waals surface area contributed by atoms with Crippen LogP contribution in [0.5, 0.6) is 0 Å². The molecule has 0 aromatic heterocycles. The first-order valence-electron chi connectivity index (χ1n) is 10.6. The van der Waals surface area contributed by atoms with Gasteiger partial charge in [0.25, 0.3) is 0 Å². The molecule has 0 aliphatic carbocycles. The van der Waals surface area contributed by atoms with Crippen LogP contribution in [0.2, 0.25) is 0 Å². The smallest absolute Gasteiger partial charge is 0.380 e. The third kappa shape index (κ3) is 9.06. The van der Waals surface area contributed by atoms with Gasteiger partial charge in [0.15, 0.2) is 0 Å². The minimum absolute atomic E-state index is 1.05. The summed E-state index contributed by atoms with van der Waals surface area (Å²) in [6.45, 7) is 0. The van der Waals surface area contributed by atoms with E-state index in [1.165, 1.54) is 9.47 Å². The largest absolute Gasteiger partial charge is 0.461 e. The molecule has 0 spiro atoms. The predicted octanol–water partition coefficient (Wildman–Crippen LogP) is 8.53. The van der Waals surface area contributed by atoms with Crippen molar-refractivity contribution in [3.05, 3.63) is 0 Å². The quantitative estimate of drug-likeness (QED) is 0.0875. The lowest BCUT2D eigenvalue weighted by atomic mass is 10.1. The van der Waals surface area contributed by atoms with Gasteiger partial charge in [-0.25, -0.2) is 28.5 Å². The molecule has 0 amide bonds. The number of rotatable bonds is 16. The first-order chi connectivity index (χ1) is 22.4. The highest BCUT2D eigenvalue weighted by molar-refractivity contribution is 5.91. The average molecular weight is 874 g/mol. The van der Waals surface area contributed by atoms with Crippen LogP contribution >= 0.6 is 0 Å². The molecule has 0 radical (unpaired) electrons. The lowest BCUT2D eigenvalue weighted by Crippen LogP contribution is -2.64. The van der Waals surface area contributed by atoms with Gasteiger partial charge in [0.1, 0.15) is 0 Å². The predicted molar refractivity (Wildman–Crippen MR) is 86.9 cm³/mol. The second kappa shape index (κ2) is 13.3. The molecule has 0 aliphatic heterocycles. The van der Waals surface area contributed by atoms with Crippen molar-refractivity contribution in [2.45, 2.75) is 84.9 Å². The van der Waals surface area contributed by atoms with E-state index in [-0.39, 0.29) is 0 Å². The van der Waals surface area contributed by atoms with Crippen LogP contribution in [0.3, 0.4) is 0 Å². The lowest BCUT2D eigenvalue weighted by molar-refractivity contribution is -0.540. The molecule has 0 N–H and O–H groups in total. The molecule has 0 aromatic carbocycles. The van der Waals surface area contributed by atoms with Gasteiger partial charge in [-0.3, -0.25) is 0 Å². The molecular weight excluding hydrogens is 874 g/mol. The van der Waals surface area contributed by atoms with E-state index in [0.717, 1.165) is 9.47 Å². The fourth-order valence-corrected chi connectivity index (χ4v) is 2.02. The van der Waals surface area contributed by atoms with Gasteiger partial charge in [-0.1, -0.05) is 0 Å². The Morgan fingerprint density at radius 3 is 0.642 bits per heavy atom. The zero-order valence-corrected chi connectivity index (χ0v) is 22.2. The van der Waals surface area contributed by atoms with Gasteiger partial charge >= 0.3 is 96.9 Å². The molecule has 53 heavy (non-hydrogen) atoms. The summed E-state index contributed by atoms with van der Waals surface area (Å²) in [6, 6.07) is 0. The van der Waals surface area contributed by atoms with Crippen LogP contribution in [0, 0.1) is 0 Å². The minimum atomic E-state index is -8.41. The maximum Gasteiger partial charge on any atom is 0.461 e. The summed E-state index contributed by atoms with van der Waals surface area (Å²) in [5, 5.41) is 0. The summed E-state index contributed by atoms with van der Waals surface area (Å²) in [6.07, 6.45) is -79.7. The first-order valence-corrected chi connectivity index (χ1v) is 10.6. The van der Waals surface area contributed by atoms with Gasteiger partial charge < -0.3 is 4.74 Å². The Labute approximate surface area is 263 Å². The Morgan fingerprint density at radius 2 is 0.453 bits per heavy atom. The molecule has 0 bridgehead atoms. The van der Waals surface area contributed by atoms with Crippen LogP contribution < -0.4 is 0 Å². The van der Waals surface area contributed by atoms with Crippen LogP contribution in [-0.2, 0) is 33.3 Å². The summed E-state index contributed by atoms with van der Waals surface area (Å²) in [4.78, 5) is 21.8. The molecule has 7 nitrogen and oxygen atoms in total. The van der Waals surface area contributed by atoms with Crippen molar-refractivity contribution in [2.75, 3.05) is 0 Å². The molecule has 37 heteroatoms. The third-order valence-electron chi connectivity index (χ3n) is 4.60.